The molecule has 1 N–H and O–H groups in total. The molecule has 1 aliphatic heterocycles. The highest BCUT2D eigenvalue weighted by atomic mass is 32.2. The number of carbonyl (C=O) groups is 1. The molecule has 0 radical (unpaired) electrons. The molecule has 0 aliphatic carbocycles. The normalized spacial score (nSPS) is 19.0. The van der Waals surface area contributed by atoms with Crippen LogP contribution >= 0.6 is 0 Å². The minimum absolute atomic E-state index is 0.0145. The predicted molar refractivity (Wildman–Crippen MR) is 99.8 cm³/mol. The van der Waals surface area contributed by atoms with Crippen molar-refractivity contribution in [3.05, 3.63) is 24.3 Å². The van der Waals surface area contributed by atoms with Gasteiger partial charge in [-0.25, -0.2) is 8.42 Å². The first-order chi connectivity index (χ1) is 11.8. The maximum absolute atomic E-state index is 12.5. The number of rotatable bonds is 8. The van der Waals surface area contributed by atoms with E-state index < -0.39 is 9.84 Å². The Labute approximate surface area is 150 Å². The van der Waals surface area contributed by atoms with Crippen LogP contribution in [0.2, 0.25) is 0 Å². The lowest BCUT2D eigenvalue weighted by Crippen LogP contribution is -2.41. The lowest BCUT2D eigenvalue weighted by molar-refractivity contribution is -0.132. The van der Waals surface area contributed by atoms with Gasteiger partial charge in [0.05, 0.1) is 23.3 Å². The minimum Gasteiger partial charge on any atom is -0.489 e. The summed E-state index contributed by atoms with van der Waals surface area (Å²) in [7, 11) is -2.99. The third-order valence-electron chi connectivity index (χ3n) is 4.21. The van der Waals surface area contributed by atoms with E-state index in [0.717, 1.165) is 11.4 Å². The highest BCUT2D eigenvalue weighted by molar-refractivity contribution is 7.91. The first-order valence-corrected chi connectivity index (χ1v) is 10.6. The molecule has 1 aromatic carbocycles. The van der Waals surface area contributed by atoms with Crippen LogP contribution in [0, 0.1) is 0 Å². The number of amides is 1. The van der Waals surface area contributed by atoms with E-state index >= 15 is 0 Å². The van der Waals surface area contributed by atoms with Crippen LogP contribution in [-0.2, 0) is 14.6 Å². The van der Waals surface area contributed by atoms with E-state index in [9.17, 15) is 13.2 Å². The largest absolute Gasteiger partial charge is 0.489 e. The Kier molecular flexibility index (Phi) is 6.70. The number of benzene rings is 1. The monoisotopic (exact) mass is 368 g/mol. The van der Waals surface area contributed by atoms with E-state index in [1.807, 2.05) is 45.0 Å². The van der Waals surface area contributed by atoms with Crippen molar-refractivity contribution in [2.75, 3.05) is 29.9 Å². The number of ether oxygens (including phenoxy) is 1. The topological polar surface area (TPSA) is 75.7 Å². The first-order valence-electron chi connectivity index (χ1n) is 8.82. The van der Waals surface area contributed by atoms with Gasteiger partial charge in [0.2, 0.25) is 5.91 Å². The Hall–Kier alpha value is -1.76. The van der Waals surface area contributed by atoms with Crippen LogP contribution < -0.4 is 10.1 Å². The fourth-order valence-electron chi connectivity index (χ4n) is 3.08. The zero-order chi connectivity index (χ0) is 18.4. The Morgan fingerprint density at radius 3 is 2.68 bits per heavy atom. The van der Waals surface area contributed by atoms with Crippen LogP contribution in [-0.4, -0.2) is 56.0 Å². The molecule has 6 nitrogen and oxygen atoms in total. The molecule has 1 fully saturated rings. The van der Waals surface area contributed by atoms with E-state index in [4.69, 9.17) is 4.74 Å². The summed E-state index contributed by atoms with van der Waals surface area (Å²) in [6.45, 7) is 6.84. The number of hydrogen-bond acceptors (Lipinski definition) is 5. The van der Waals surface area contributed by atoms with Gasteiger partial charge in [-0.05, 0) is 39.3 Å². The summed E-state index contributed by atoms with van der Waals surface area (Å²) >= 11 is 0. The molecule has 0 saturated carbocycles. The second-order valence-corrected chi connectivity index (χ2v) is 8.80. The summed E-state index contributed by atoms with van der Waals surface area (Å²) in [5, 5.41) is 3.24. The number of carbonyl (C=O) groups excluding carboxylic acids is 1. The lowest BCUT2D eigenvalue weighted by Gasteiger charge is -2.27. The second-order valence-electron chi connectivity index (χ2n) is 6.58. The van der Waals surface area contributed by atoms with E-state index in [1.54, 1.807) is 4.90 Å². The van der Waals surface area contributed by atoms with Gasteiger partial charge in [0, 0.05) is 25.6 Å². The van der Waals surface area contributed by atoms with Gasteiger partial charge in [0.15, 0.2) is 9.84 Å². The van der Waals surface area contributed by atoms with Crippen LogP contribution in [0.5, 0.6) is 5.75 Å². The molecule has 1 atom stereocenters. The standard InChI is InChI=1S/C18H28N2O4S/c1-4-20(15-10-12-25(22,23)13-15)18(21)9-11-19-16-7-5-6-8-17(16)24-14(2)3/h5-8,14-15,19H,4,9-13H2,1-3H3. The highest BCUT2D eigenvalue weighted by Crippen LogP contribution is 2.25. The van der Waals surface area contributed by atoms with Crippen molar-refractivity contribution in [2.24, 2.45) is 0 Å². The van der Waals surface area contributed by atoms with Crippen molar-refractivity contribution >= 4 is 21.4 Å². The van der Waals surface area contributed by atoms with Crippen molar-refractivity contribution in [3.63, 3.8) is 0 Å². The average Bonchev–Trinajstić information content (AvgIpc) is 2.89. The zero-order valence-corrected chi connectivity index (χ0v) is 16.0. The SMILES string of the molecule is CCN(C(=O)CCNc1ccccc1OC(C)C)C1CCS(=O)(=O)C1. The molecule has 1 unspecified atom stereocenters. The molecule has 1 saturated heterocycles. The van der Waals surface area contributed by atoms with Gasteiger partial charge in [0.25, 0.3) is 0 Å². The molecular weight excluding hydrogens is 340 g/mol. The number of hydrogen-bond donors (Lipinski definition) is 1. The molecule has 2 rings (SSSR count). The smallest absolute Gasteiger partial charge is 0.224 e. The van der Waals surface area contributed by atoms with Gasteiger partial charge in [-0.3, -0.25) is 4.79 Å². The fourth-order valence-corrected chi connectivity index (χ4v) is 4.81. The van der Waals surface area contributed by atoms with Crippen LogP contribution in [0.25, 0.3) is 0 Å². The Balaban J connectivity index is 1.89. The summed E-state index contributed by atoms with van der Waals surface area (Å²) in [6.07, 6.45) is 0.936. The maximum Gasteiger partial charge on any atom is 0.224 e. The number of para-hydroxylation sites is 2. The summed E-state index contributed by atoms with van der Waals surface area (Å²) in [4.78, 5) is 14.2. The number of nitrogens with zero attached hydrogens (tertiary/aromatic N) is 1. The molecule has 1 heterocycles. The number of nitrogens with one attached hydrogen (secondary N) is 1. The summed E-state index contributed by atoms with van der Waals surface area (Å²) in [5.74, 6) is 1.02. The number of anilines is 1. The van der Waals surface area contributed by atoms with Crippen LogP contribution in [0.4, 0.5) is 5.69 Å². The minimum atomic E-state index is -2.99. The van der Waals surface area contributed by atoms with Gasteiger partial charge in [0.1, 0.15) is 5.75 Å². The quantitative estimate of drug-likeness (QED) is 0.762. The van der Waals surface area contributed by atoms with Crippen LogP contribution in [0.3, 0.4) is 0 Å². The fraction of sp³-hybridized carbons (Fsp3) is 0.611. The molecule has 0 aromatic heterocycles. The highest BCUT2D eigenvalue weighted by Gasteiger charge is 2.33. The zero-order valence-electron chi connectivity index (χ0n) is 15.2. The van der Waals surface area contributed by atoms with Crippen molar-refractivity contribution in [2.45, 2.75) is 45.8 Å². The van der Waals surface area contributed by atoms with Crippen molar-refractivity contribution in [1.29, 1.82) is 0 Å². The van der Waals surface area contributed by atoms with E-state index in [2.05, 4.69) is 5.32 Å². The second kappa shape index (κ2) is 8.56. The predicted octanol–water partition coefficient (Wildman–Crippen LogP) is 2.31. The molecule has 1 amide bonds. The van der Waals surface area contributed by atoms with Crippen LogP contribution in [0.15, 0.2) is 24.3 Å². The summed E-state index contributed by atoms with van der Waals surface area (Å²) in [6, 6.07) is 7.46. The van der Waals surface area contributed by atoms with Crippen LogP contribution in [0.1, 0.15) is 33.6 Å². The molecule has 140 valence electrons. The van der Waals surface area contributed by atoms with E-state index in [0.29, 0.717) is 25.9 Å². The number of sulfone groups is 1. The van der Waals surface area contributed by atoms with Crippen molar-refractivity contribution in [3.8, 4) is 5.75 Å². The van der Waals surface area contributed by atoms with Crippen molar-refractivity contribution < 1.29 is 17.9 Å². The van der Waals surface area contributed by atoms with Gasteiger partial charge >= 0.3 is 0 Å². The Bertz CT molecular complexity index is 688. The van der Waals surface area contributed by atoms with Gasteiger partial charge in [-0.1, -0.05) is 12.1 Å². The third-order valence-corrected chi connectivity index (χ3v) is 5.96. The van der Waals surface area contributed by atoms with E-state index in [-0.39, 0.29) is 29.6 Å². The average molecular weight is 368 g/mol. The van der Waals surface area contributed by atoms with Gasteiger partial charge in [-0.15, -0.1) is 0 Å². The van der Waals surface area contributed by atoms with Gasteiger partial charge in [-0.2, -0.15) is 0 Å². The lowest BCUT2D eigenvalue weighted by atomic mass is 10.2. The Morgan fingerprint density at radius 2 is 2.08 bits per heavy atom. The maximum atomic E-state index is 12.5. The van der Waals surface area contributed by atoms with E-state index in [1.165, 1.54) is 0 Å². The molecule has 1 aliphatic rings. The molecule has 0 bridgehead atoms. The van der Waals surface area contributed by atoms with Gasteiger partial charge < -0.3 is 15.0 Å². The Morgan fingerprint density at radius 1 is 1.36 bits per heavy atom. The first kappa shape index (κ1) is 19.6. The molecular formula is C18H28N2O4S. The molecule has 0 spiro atoms. The third kappa shape index (κ3) is 5.63. The van der Waals surface area contributed by atoms with Crippen molar-refractivity contribution in [1.82, 2.24) is 4.90 Å². The molecule has 7 heteroatoms. The molecule has 1 aromatic rings. The molecule has 25 heavy (non-hydrogen) atoms. The summed E-state index contributed by atoms with van der Waals surface area (Å²) < 4.78 is 29.0. The summed E-state index contributed by atoms with van der Waals surface area (Å²) in [5.41, 5.74) is 0.857.